The SMILES string of the molecule is CC(C)(C)OC(=O)NC12CC(CC(=O)CCCCl)(C1)C2. The molecule has 0 aromatic carbocycles. The van der Waals surface area contributed by atoms with Crippen LogP contribution in [0.2, 0.25) is 0 Å². The quantitative estimate of drug-likeness (QED) is 0.765. The molecule has 114 valence electrons. The fraction of sp³-hybridized carbons (Fsp3) is 0.867. The van der Waals surface area contributed by atoms with Gasteiger partial charge in [0.15, 0.2) is 0 Å². The summed E-state index contributed by atoms with van der Waals surface area (Å²) in [5.41, 5.74) is -0.420. The maximum absolute atomic E-state index is 11.8. The van der Waals surface area contributed by atoms with Crippen molar-refractivity contribution in [3.05, 3.63) is 0 Å². The van der Waals surface area contributed by atoms with Crippen LogP contribution in [0.25, 0.3) is 0 Å². The molecule has 3 aliphatic carbocycles. The van der Waals surface area contributed by atoms with Crippen LogP contribution in [0.5, 0.6) is 0 Å². The molecule has 4 nitrogen and oxygen atoms in total. The molecule has 0 radical (unpaired) electrons. The van der Waals surface area contributed by atoms with E-state index in [4.69, 9.17) is 16.3 Å². The maximum Gasteiger partial charge on any atom is 0.408 e. The van der Waals surface area contributed by atoms with Gasteiger partial charge in [-0.25, -0.2) is 4.79 Å². The Morgan fingerprint density at radius 3 is 2.35 bits per heavy atom. The number of Topliss-reactive ketones (excluding diaryl/α,β-unsaturated/α-hetero) is 1. The van der Waals surface area contributed by atoms with Gasteiger partial charge in [0.25, 0.3) is 0 Å². The molecule has 0 atom stereocenters. The molecular weight excluding hydrogens is 278 g/mol. The Kier molecular flexibility index (Phi) is 4.07. The molecule has 0 aromatic heterocycles. The van der Waals surface area contributed by atoms with Gasteiger partial charge in [-0.3, -0.25) is 4.79 Å². The van der Waals surface area contributed by atoms with Crippen LogP contribution >= 0.6 is 11.6 Å². The largest absolute Gasteiger partial charge is 0.444 e. The molecule has 2 bridgehead atoms. The summed E-state index contributed by atoms with van der Waals surface area (Å²) in [4.78, 5) is 23.5. The Morgan fingerprint density at radius 1 is 1.25 bits per heavy atom. The van der Waals surface area contributed by atoms with E-state index in [1.165, 1.54) is 0 Å². The third kappa shape index (κ3) is 3.46. The number of ether oxygens (including phenoxy) is 1. The van der Waals surface area contributed by atoms with Crippen molar-refractivity contribution in [1.29, 1.82) is 0 Å². The molecule has 3 aliphatic rings. The van der Waals surface area contributed by atoms with Crippen molar-refractivity contribution >= 4 is 23.5 Å². The molecule has 1 N–H and O–H groups in total. The minimum atomic E-state index is -0.469. The first kappa shape index (κ1) is 15.6. The van der Waals surface area contributed by atoms with Gasteiger partial charge in [-0.15, -0.1) is 11.6 Å². The first-order chi connectivity index (χ1) is 9.18. The van der Waals surface area contributed by atoms with Crippen molar-refractivity contribution in [2.75, 3.05) is 5.88 Å². The molecule has 0 aliphatic heterocycles. The predicted octanol–water partition coefficient (Wildman–Crippen LogP) is 3.41. The average molecular weight is 302 g/mol. The molecule has 0 aromatic rings. The third-order valence-electron chi connectivity index (χ3n) is 4.07. The first-order valence-corrected chi connectivity index (χ1v) is 7.80. The average Bonchev–Trinajstić information content (AvgIpc) is 2.18. The topological polar surface area (TPSA) is 55.4 Å². The summed E-state index contributed by atoms with van der Waals surface area (Å²) < 4.78 is 5.27. The molecule has 0 saturated heterocycles. The summed E-state index contributed by atoms with van der Waals surface area (Å²) in [7, 11) is 0. The van der Waals surface area contributed by atoms with Crippen molar-refractivity contribution < 1.29 is 14.3 Å². The van der Waals surface area contributed by atoms with Crippen LogP contribution in [-0.4, -0.2) is 28.9 Å². The van der Waals surface area contributed by atoms with E-state index in [1.54, 1.807) is 0 Å². The smallest absolute Gasteiger partial charge is 0.408 e. The zero-order valence-corrected chi connectivity index (χ0v) is 13.3. The van der Waals surface area contributed by atoms with E-state index in [0.29, 0.717) is 24.5 Å². The van der Waals surface area contributed by atoms with Gasteiger partial charge in [-0.2, -0.15) is 0 Å². The van der Waals surface area contributed by atoms with E-state index in [1.807, 2.05) is 20.8 Å². The summed E-state index contributed by atoms with van der Waals surface area (Å²) in [6.45, 7) is 5.56. The molecule has 3 fully saturated rings. The Balaban J connectivity index is 1.71. The number of amides is 1. The highest BCUT2D eigenvalue weighted by molar-refractivity contribution is 6.17. The number of alkyl carbamates (subject to hydrolysis) is 1. The zero-order valence-electron chi connectivity index (χ0n) is 12.6. The zero-order chi connectivity index (χ0) is 15.0. The van der Waals surface area contributed by atoms with E-state index in [2.05, 4.69) is 5.32 Å². The van der Waals surface area contributed by atoms with Gasteiger partial charge in [0.1, 0.15) is 11.4 Å². The molecule has 0 spiro atoms. The van der Waals surface area contributed by atoms with Gasteiger partial charge in [0, 0.05) is 24.3 Å². The monoisotopic (exact) mass is 301 g/mol. The lowest BCUT2D eigenvalue weighted by Gasteiger charge is -2.70. The van der Waals surface area contributed by atoms with Gasteiger partial charge >= 0.3 is 6.09 Å². The summed E-state index contributed by atoms with van der Waals surface area (Å²) >= 11 is 5.59. The number of rotatable bonds is 6. The highest BCUT2D eigenvalue weighted by Gasteiger charge is 2.68. The lowest BCUT2D eigenvalue weighted by atomic mass is 9.38. The van der Waals surface area contributed by atoms with Crippen molar-refractivity contribution in [3.63, 3.8) is 0 Å². The Labute approximate surface area is 125 Å². The first-order valence-electron chi connectivity index (χ1n) is 7.27. The van der Waals surface area contributed by atoms with Crippen LogP contribution < -0.4 is 5.32 Å². The minimum Gasteiger partial charge on any atom is -0.444 e. The number of carbonyl (C=O) groups is 2. The maximum atomic E-state index is 11.8. The second kappa shape index (κ2) is 5.21. The molecule has 3 saturated carbocycles. The normalized spacial score (nSPS) is 31.0. The van der Waals surface area contributed by atoms with Gasteiger partial charge in [0.05, 0.1) is 0 Å². The van der Waals surface area contributed by atoms with Gasteiger partial charge < -0.3 is 10.1 Å². The predicted molar refractivity (Wildman–Crippen MR) is 78.0 cm³/mol. The number of carbonyl (C=O) groups excluding carboxylic acids is 2. The second-order valence-electron chi connectivity index (χ2n) is 7.45. The van der Waals surface area contributed by atoms with Crippen LogP contribution in [0.1, 0.15) is 59.3 Å². The number of hydrogen-bond acceptors (Lipinski definition) is 3. The van der Waals surface area contributed by atoms with Crippen LogP contribution in [0.4, 0.5) is 4.79 Å². The van der Waals surface area contributed by atoms with Crippen molar-refractivity contribution in [3.8, 4) is 0 Å². The van der Waals surface area contributed by atoms with Crippen LogP contribution in [0.3, 0.4) is 0 Å². The van der Waals surface area contributed by atoms with E-state index >= 15 is 0 Å². The molecule has 0 unspecified atom stereocenters. The Bertz CT molecular complexity index is 394. The summed E-state index contributed by atoms with van der Waals surface area (Å²) in [5.74, 6) is 0.847. The van der Waals surface area contributed by atoms with Gasteiger partial charge in [-0.05, 0) is 51.9 Å². The lowest BCUT2D eigenvalue weighted by Crippen LogP contribution is -2.75. The summed E-state index contributed by atoms with van der Waals surface area (Å²) in [5, 5.41) is 2.96. The lowest BCUT2D eigenvalue weighted by molar-refractivity contribution is -0.164. The van der Waals surface area contributed by atoms with Crippen molar-refractivity contribution in [2.45, 2.75) is 70.4 Å². The molecule has 5 heteroatoms. The van der Waals surface area contributed by atoms with Crippen molar-refractivity contribution in [1.82, 2.24) is 5.32 Å². The molecule has 0 heterocycles. The van der Waals surface area contributed by atoms with Crippen molar-refractivity contribution in [2.24, 2.45) is 5.41 Å². The van der Waals surface area contributed by atoms with Gasteiger partial charge in [0.2, 0.25) is 0 Å². The Morgan fingerprint density at radius 2 is 1.85 bits per heavy atom. The number of ketones is 1. The van der Waals surface area contributed by atoms with Crippen LogP contribution in [-0.2, 0) is 9.53 Å². The Hall–Kier alpha value is -0.770. The van der Waals surface area contributed by atoms with E-state index < -0.39 is 5.60 Å². The van der Waals surface area contributed by atoms with Crippen LogP contribution in [0, 0.1) is 5.41 Å². The molecule has 3 rings (SSSR count). The molecule has 20 heavy (non-hydrogen) atoms. The number of nitrogens with one attached hydrogen (secondary N) is 1. The summed E-state index contributed by atoms with van der Waals surface area (Å²) in [6.07, 6.45) is 4.36. The molecule has 1 amide bonds. The highest BCUT2D eigenvalue weighted by Crippen LogP contribution is 2.69. The summed E-state index contributed by atoms with van der Waals surface area (Å²) in [6, 6.07) is 0. The highest BCUT2D eigenvalue weighted by atomic mass is 35.5. The minimum absolute atomic E-state index is 0.102. The fourth-order valence-corrected chi connectivity index (χ4v) is 3.74. The number of halogens is 1. The number of hydrogen-bond donors (Lipinski definition) is 1. The van der Waals surface area contributed by atoms with E-state index in [-0.39, 0.29) is 17.0 Å². The third-order valence-corrected chi connectivity index (χ3v) is 4.33. The number of alkyl halides is 1. The standard InChI is InChI=1S/C15H24ClNO3/c1-13(2,3)20-12(19)17-15-8-14(9-15,10-15)7-11(18)5-4-6-16/h4-10H2,1-3H3,(H,17,19). The molecular formula is C15H24ClNO3. The second-order valence-corrected chi connectivity index (χ2v) is 7.82. The van der Waals surface area contributed by atoms with Crippen LogP contribution in [0.15, 0.2) is 0 Å². The fourth-order valence-electron chi connectivity index (χ4n) is 3.61. The van der Waals surface area contributed by atoms with Gasteiger partial charge in [-0.1, -0.05) is 0 Å². The van der Waals surface area contributed by atoms with E-state index in [9.17, 15) is 9.59 Å². The van der Waals surface area contributed by atoms with E-state index in [0.717, 1.165) is 25.7 Å².